The van der Waals surface area contributed by atoms with E-state index in [-0.39, 0.29) is 17.3 Å². The summed E-state index contributed by atoms with van der Waals surface area (Å²) >= 11 is 0. The Kier molecular flexibility index (Phi) is 6.03. The first-order chi connectivity index (χ1) is 18.4. The molecular weight excluding hydrogens is 486 g/mol. The van der Waals surface area contributed by atoms with Crippen LogP contribution >= 0.6 is 0 Å². The highest BCUT2D eigenvalue weighted by Crippen LogP contribution is 2.36. The summed E-state index contributed by atoms with van der Waals surface area (Å²) in [6.45, 7) is 6.30. The van der Waals surface area contributed by atoms with Crippen molar-refractivity contribution in [3.05, 3.63) is 78.4 Å². The Morgan fingerprint density at radius 2 is 1.92 bits per heavy atom. The molecule has 38 heavy (non-hydrogen) atoms. The average molecular weight is 513 g/mol. The molecule has 0 radical (unpaired) electrons. The van der Waals surface area contributed by atoms with Crippen molar-refractivity contribution < 1.29 is 8.78 Å². The molecule has 1 aliphatic heterocycles. The molecule has 8 nitrogen and oxygen atoms in total. The minimum atomic E-state index is -0.812. The van der Waals surface area contributed by atoms with Crippen LogP contribution < -0.4 is 16.0 Å². The van der Waals surface area contributed by atoms with E-state index in [1.54, 1.807) is 24.5 Å². The Bertz CT molecular complexity index is 1600. The van der Waals surface area contributed by atoms with Crippen molar-refractivity contribution in [2.75, 3.05) is 23.7 Å². The standard InChI is InChI=1S/C28H26F2N8/c1-28(2)15-31-8-7-22(28)36-27-24-19(16-4-3-5-16)13-32-14-21(24)35-25(38-27)17-6-9-33-23(10-17)37-26-20(30)11-18(29)12-34-26/h3-6,9-14,22,31H,7-8,15H2,1-2H3,(H,33,34,37)(H,35,36,38). The molecule has 1 unspecified atom stereocenters. The first kappa shape index (κ1) is 24.1. The molecule has 0 amide bonds. The summed E-state index contributed by atoms with van der Waals surface area (Å²) in [6, 6.07) is 4.46. The van der Waals surface area contributed by atoms with Crippen LogP contribution in [-0.4, -0.2) is 44.1 Å². The first-order valence-corrected chi connectivity index (χ1v) is 12.4. The molecule has 5 heterocycles. The van der Waals surface area contributed by atoms with E-state index in [4.69, 9.17) is 9.97 Å². The number of nitrogens with zero attached hydrogens (tertiary/aromatic N) is 5. The lowest BCUT2D eigenvalue weighted by Gasteiger charge is -2.40. The third kappa shape index (κ3) is 4.58. The van der Waals surface area contributed by atoms with Crippen molar-refractivity contribution in [3.8, 4) is 11.4 Å². The molecule has 4 aromatic rings. The number of rotatable bonds is 6. The fourth-order valence-electron chi connectivity index (χ4n) is 4.78. The van der Waals surface area contributed by atoms with Crippen molar-refractivity contribution >= 4 is 33.9 Å². The SMILES string of the molecule is CC1(C)CNCCC1Nc1nc(-c2ccnc(Nc3ncc(F)cc3F)c2)nc2cncc(C3=CC=C3)c12. The largest absolute Gasteiger partial charge is 0.366 e. The Balaban J connectivity index is 1.43. The molecule has 0 bridgehead atoms. The number of piperidine rings is 1. The monoisotopic (exact) mass is 512 g/mol. The van der Waals surface area contributed by atoms with E-state index in [2.05, 4.69) is 44.7 Å². The Labute approximate surface area is 218 Å². The number of allylic oxidation sites excluding steroid dienone is 4. The van der Waals surface area contributed by atoms with E-state index in [0.717, 1.165) is 54.1 Å². The van der Waals surface area contributed by atoms with Gasteiger partial charge in [-0.2, -0.15) is 0 Å². The predicted octanol–water partition coefficient (Wildman–Crippen LogP) is 5.26. The molecule has 0 saturated carbocycles. The third-order valence-corrected chi connectivity index (χ3v) is 6.99. The van der Waals surface area contributed by atoms with Crippen LogP contribution in [0.4, 0.5) is 26.2 Å². The summed E-state index contributed by atoms with van der Waals surface area (Å²) in [5.41, 5.74) is 3.45. The van der Waals surface area contributed by atoms with Crippen LogP contribution in [-0.2, 0) is 0 Å². The van der Waals surface area contributed by atoms with Crippen LogP contribution in [0.5, 0.6) is 0 Å². The number of hydrogen-bond donors (Lipinski definition) is 3. The quantitative estimate of drug-likeness (QED) is 0.322. The van der Waals surface area contributed by atoms with Gasteiger partial charge in [0.2, 0.25) is 0 Å². The van der Waals surface area contributed by atoms with Crippen molar-refractivity contribution in [1.29, 1.82) is 0 Å². The molecular formula is C28H26F2N8. The van der Waals surface area contributed by atoms with Crippen LogP contribution in [0.3, 0.4) is 0 Å². The Hall–Kier alpha value is -4.31. The Morgan fingerprint density at radius 1 is 1.05 bits per heavy atom. The average Bonchev–Trinajstić information content (AvgIpc) is 2.86. The van der Waals surface area contributed by atoms with Crippen LogP contribution in [0.25, 0.3) is 27.9 Å². The zero-order valence-corrected chi connectivity index (χ0v) is 21.0. The zero-order chi connectivity index (χ0) is 26.3. The van der Waals surface area contributed by atoms with E-state index in [9.17, 15) is 8.78 Å². The Morgan fingerprint density at radius 3 is 2.68 bits per heavy atom. The first-order valence-electron chi connectivity index (χ1n) is 12.4. The molecule has 1 atom stereocenters. The maximum absolute atomic E-state index is 14.2. The fourth-order valence-corrected chi connectivity index (χ4v) is 4.78. The lowest BCUT2D eigenvalue weighted by molar-refractivity contribution is 0.236. The third-order valence-electron chi connectivity index (χ3n) is 6.99. The summed E-state index contributed by atoms with van der Waals surface area (Å²) in [5.74, 6) is -0.148. The molecule has 0 aromatic carbocycles. The van der Waals surface area contributed by atoms with Gasteiger partial charge in [-0.05, 0) is 36.1 Å². The summed E-state index contributed by atoms with van der Waals surface area (Å²) in [7, 11) is 0. The van der Waals surface area contributed by atoms with E-state index < -0.39 is 11.6 Å². The molecule has 1 saturated heterocycles. The second-order valence-corrected chi connectivity index (χ2v) is 10.1. The van der Waals surface area contributed by atoms with Gasteiger partial charge in [0.15, 0.2) is 17.5 Å². The van der Waals surface area contributed by atoms with Crippen molar-refractivity contribution in [2.45, 2.75) is 26.3 Å². The van der Waals surface area contributed by atoms with Crippen LogP contribution in [0.1, 0.15) is 25.8 Å². The van der Waals surface area contributed by atoms with E-state index in [0.29, 0.717) is 22.7 Å². The van der Waals surface area contributed by atoms with Gasteiger partial charge in [-0.25, -0.2) is 28.7 Å². The highest BCUT2D eigenvalue weighted by molar-refractivity contribution is 6.02. The molecule has 192 valence electrons. The number of halogens is 2. The van der Waals surface area contributed by atoms with Crippen molar-refractivity contribution in [2.24, 2.45) is 5.41 Å². The van der Waals surface area contributed by atoms with Crippen molar-refractivity contribution in [1.82, 2.24) is 30.2 Å². The summed E-state index contributed by atoms with van der Waals surface area (Å²) in [5, 5.41) is 10.9. The highest BCUT2D eigenvalue weighted by atomic mass is 19.1. The van der Waals surface area contributed by atoms with E-state index in [1.807, 2.05) is 24.4 Å². The maximum atomic E-state index is 14.2. The second kappa shape index (κ2) is 9.53. The minimum Gasteiger partial charge on any atom is -0.366 e. The lowest BCUT2D eigenvalue weighted by Crippen LogP contribution is -2.49. The number of aromatic nitrogens is 5. The van der Waals surface area contributed by atoms with Crippen LogP contribution in [0, 0.1) is 17.0 Å². The highest BCUT2D eigenvalue weighted by Gasteiger charge is 2.33. The number of anilines is 3. The molecule has 0 spiro atoms. The van der Waals surface area contributed by atoms with Gasteiger partial charge < -0.3 is 16.0 Å². The number of hydrogen-bond acceptors (Lipinski definition) is 8. The molecule has 10 heteroatoms. The van der Waals surface area contributed by atoms with Crippen LogP contribution in [0.15, 0.2) is 61.2 Å². The zero-order valence-electron chi connectivity index (χ0n) is 21.0. The second-order valence-electron chi connectivity index (χ2n) is 10.1. The summed E-state index contributed by atoms with van der Waals surface area (Å²) in [6.07, 6.45) is 13.2. The van der Waals surface area contributed by atoms with Gasteiger partial charge >= 0.3 is 0 Å². The van der Waals surface area contributed by atoms with Gasteiger partial charge in [0.05, 0.1) is 23.3 Å². The molecule has 3 N–H and O–H groups in total. The molecule has 1 fully saturated rings. The molecule has 1 aliphatic carbocycles. The van der Waals surface area contributed by atoms with E-state index >= 15 is 0 Å². The fraction of sp³-hybridized carbons (Fsp3) is 0.250. The van der Waals surface area contributed by atoms with Gasteiger partial charge in [0.25, 0.3) is 0 Å². The van der Waals surface area contributed by atoms with Crippen LogP contribution in [0.2, 0.25) is 0 Å². The van der Waals surface area contributed by atoms with Gasteiger partial charge in [0, 0.05) is 42.2 Å². The topological polar surface area (TPSA) is 101 Å². The lowest BCUT2D eigenvalue weighted by atomic mass is 9.80. The maximum Gasteiger partial charge on any atom is 0.168 e. The van der Waals surface area contributed by atoms with Gasteiger partial charge in [-0.15, -0.1) is 0 Å². The van der Waals surface area contributed by atoms with Gasteiger partial charge in [-0.3, -0.25) is 4.98 Å². The number of pyridine rings is 3. The molecule has 4 aromatic heterocycles. The molecule has 2 aliphatic rings. The smallest absolute Gasteiger partial charge is 0.168 e. The molecule has 6 rings (SSSR count). The number of fused-ring (bicyclic) bond motifs is 1. The van der Waals surface area contributed by atoms with Crippen molar-refractivity contribution in [3.63, 3.8) is 0 Å². The van der Waals surface area contributed by atoms with Gasteiger partial charge in [-0.1, -0.05) is 32.1 Å². The number of nitrogens with one attached hydrogen (secondary N) is 3. The summed E-state index contributed by atoms with van der Waals surface area (Å²) < 4.78 is 27.4. The minimum absolute atomic E-state index is 0.0124. The normalized spacial score (nSPS) is 18.1. The van der Waals surface area contributed by atoms with E-state index in [1.165, 1.54) is 0 Å². The summed E-state index contributed by atoms with van der Waals surface area (Å²) in [4.78, 5) is 22.3. The van der Waals surface area contributed by atoms with Gasteiger partial charge in [0.1, 0.15) is 17.5 Å². The predicted molar refractivity (Wildman–Crippen MR) is 144 cm³/mol.